The SMILES string of the molecule is CC1(C)OC2OC3C(OC(=O)[C@@H]3Cl)C2O1. The number of carbonyl (C=O) groups excluding carboxylic acids is 1. The minimum absolute atomic E-state index is 0.363. The predicted molar refractivity (Wildman–Crippen MR) is 48.2 cm³/mol. The molecule has 0 N–H and O–H groups in total. The first-order valence-corrected chi connectivity index (χ1v) is 5.27. The molecular weight excluding hydrogens is 224 g/mol. The Hall–Kier alpha value is -0.360. The van der Waals surface area contributed by atoms with Gasteiger partial charge < -0.3 is 18.9 Å². The molecule has 0 amide bonds. The number of esters is 1. The van der Waals surface area contributed by atoms with Crippen molar-refractivity contribution in [3.8, 4) is 0 Å². The Morgan fingerprint density at radius 1 is 1.20 bits per heavy atom. The first-order valence-electron chi connectivity index (χ1n) is 4.84. The summed E-state index contributed by atoms with van der Waals surface area (Å²) in [6.45, 7) is 3.58. The Morgan fingerprint density at radius 3 is 2.67 bits per heavy atom. The van der Waals surface area contributed by atoms with Crippen molar-refractivity contribution in [2.24, 2.45) is 0 Å². The minimum Gasteiger partial charge on any atom is -0.455 e. The van der Waals surface area contributed by atoms with E-state index in [1.54, 1.807) is 13.8 Å². The van der Waals surface area contributed by atoms with Crippen LogP contribution in [0.4, 0.5) is 0 Å². The van der Waals surface area contributed by atoms with Crippen molar-refractivity contribution in [2.45, 2.75) is 49.6 Å². The van der Waals surface area contributed by atoms with Crippen molar-refractivity contribution in [2.75, 3.05) is 0 Å². The van der Waals surface area contributed by atoms with E-state index in [2.05, 4.69) is 0 Å². The molecule has 3 aliphatic rings. The number of carbonyl (C=O) groups is 1. The summed E-state index contributed by atoms with van der Waals surface area (Å²) in [4.78, 5) is 11.2. The Kier molecular flexibility index (Phi) is 1.87. The summed E-state index contributed by atoms with van der Waals surface area (Å²) in [7, 11) is 0. The first kappa shape index (κ1) is 9.84. The van der Waals surface area contributed by atoms with Gasteiger partial charge in [-0.15, -0.1) is 11.6 Å². The van der Waals surface area contributed by atoms with Crippen molar-refractivity contribution in [1.82, 2.24) is 0 Å². The predicted octanol–water partition coefficient (Wildman–Crippen LogP) is 0.396. The summed E-state index contributed by atoms with van der Waals surface area (Å²) >= 11 is 5.84. The smallest absolute Gasteiger partial charge is 0.327 e. The molecule has 0 spiro atoms. The van der Waals surface area contributed by atoms with E-state index < -0.39 is 35.6 Å². The maximum atomic E-state index is 11.2. The van der Waals surface area contributed by atoms with Gasteiger partial charge in [-0.3, -0.25) is 4.79 Å². The number of ether oxygens (including phenoxy) is 4. The molecule has 3 rings (SSSR count). The average Bonchev–Trinajstić information content (AvgIpc) is 2.66. The molecule has 15 heavy (non-hydrogen) atoms. The highest BCUT2D eigenvalue weighted by molar-refractivity contribution is 6.31. The van der Waals surface area contributed by atoms with Crippen molar-refractivity contribution in [3.05, 3.63) is 0 Å². The van der Waals surface area contributed by atoms with Gasteiger partial charge >= 0.3 is 5.97 Å². The van der Waals surface area contributed by atoms with Crippen LogP contribution in [0.1, 0.15) is 13.8 Å². The van der Waals surface area contributed by atoms with Gasteiger partial charge in [0, 0.05) is 0 Å². The molecule has 3 saturated heterocycles. The van der Waals surface area contributed by atoms with Crippen LogP contribution in [0.3, 0.4) is 0 Å². The molecule has 0 aromatic carbocycles. The molecule has 5 atom stereocenters. The van der Waals surface area contributed by atoms with Crippen LogP contribution in [0, 0.1) is 0 Å². The second kappa shape index (κ2) is 2.85. The van der Waals surface area contributed by atoms with E-state index in [-0.39, 0.29) is 6.10 Å². The fraction of sp³-hybridized carbons (Fsp3) is 0.889. The second-order valence-electron chi connectivity index (χ2n) is 4.37. The molecule has 4 unspecified atom stereocenters. The fourth-order valence-corrected chi connectivity index (χ4v) is 2.46. The van der Waals surface area contributed by atoms with E-state index >= 15 is 0 Å². The summed E-state index contributed by atoms with van der Waals surface area (Å²) in [5.41, 5.74) is 0. The summed E-state index contributed by atoms with van der Waals surface area (Å²) in [5.74, 6) is -1.14. The Balaban J connectivity index is 1.83. The highest BCUT2D eigenvalue weighted by Crippen LogP contribution is 2.43. The van der Waals surface area contributed by atoms with Gasteiger partial charge in [-0.2, -0.15) is 0 Å². The van der Waals surface area contributed by atoms with E-state index in [1.165, 1.54) is 0 Å². The molecule has 0 bridgehead atoms. The summed E-state index contributed by atoms with van der Waals surface area (Å²) < 4.78 is 21.7. The largest absolute Gasteiger partial charge is 0.455 e. The second-order valence-corrected chi connectivity index (χ2v) is 4.84. The molecule has 5 nitrogen and oxygen atoms in total. The van der Waals surface area contributed by atoms with Gasteiger partial charge in [-0.05, 0) is 13.8 Å². The Labute approximate surface area is 91.6 Å². The quantitative estimate of drug-likeness (QED) is 0.449. The van der Waals surface area contributed by atoms with Crippen LogP contribution in [-0.2, 0) is 23.7 Å². The van der Waals surface area contributed by atoms with Crippen molar-refractivity contribution < 1.29 is 23.7 Å². The van der Waals surface area contributed by atoms with Crippen LogP contribution < -0.4 is 0 Å². The Morgan fingerprint density at radius 2 is 1.93 bits per heavy atom. The van der Waals surface area contributed by atoms with Crippen LogP contribution in [0.25, 0.3) is 0 Å². The van der Waals surface area contributed by atoms with Gasteiger partial charge in [0.1, 0.15) is 6.10 Å². The molecule has 6 heteroatoms. The molecule has 3 fully saturated rings. The lowest BCUT2D eigenvalue weighted by atomic mass is 10.1. The highest BCUT2D eigenvalue weighted by atomic mass is 35.5. The van der Waals surface area contributed by atoms with Crippen molar-refractivity contribution in [1.29, 1.82) is 0 Å². The number of fused-ring (bicyclic) bond motifs is 3. The summed E-state index contributed by atoms with van der Waals surface area (Å²) in [6.07, 6.45) is -1.74. The van der Waals surface area contributed by atoms with Gasteiger partial charge in [-0.25, -0.2) is 0 Å². The first-order chi connectivity index (χ1) is 6.98. The van der Waals surface area contributed by atoms with E-state index in [4.69, 9.17) is 30.5 Å². The van der Waals surface area contributed by atoms with Crippen molar-refractivity contribution >= 4 is 17.6 Å². The highest BCUT2D eigenvalue weighted by Gasteiger charge is 2.62. The van der Waals surface area contributed by atoms with Crippen LogP contribution in [0.2, 0.25) is 0 Å². The van der Waals surface area contributed by atoms with Gasteiger partial charge in [0.15, 0.2) is 29.7 Å². The molecule has 84 valence electrons. The maximum absolute atomic E-state index is 11.2. The Bertz CT molecular complexity index is 318. The molecular formula is C9H11ClO5. The van der Waals surface area contributed by atoms with Gasteiger partial charge in [0.25, 0.3) is 0 Å². The van der Waals surface area contributed by atoms with E-state index in [0.29, 0.717) is 0 Å². The van der Waals surface area contributed by atoms with Crippen molar-refractivity contribution in [3.63, 3.8) is 0 Å². The van der Waals surface area contributed by atoms with E-state index in [9.17, 15) is 4.79 Å². The van der Waals surface area contributed by atoms with Crippen LogP contribution in [-0.4, -0.2) is 41.7 Å². The average molecular weight is 235 g/mol. The molecule has 0 aromatic rings. The maximum Gasteiger partial charge on any atom is 0.327 e. The molecule has 0 radical (unpaired) electrons. The number of rotatable bonds is 0. The lowest BCUT2D eigenvalue weighted by Gasteiger charge is -2.20. The third-order valence-corrected chi connectivity index (χ3v) is 3.22. The topological polar surface area (TPSA) is 54.0 Å². The molecule has 0 saturated carbocycles. The van der Waals surface area contributed by atoms with Crippen LogP contribution in [0.5, 0.6) is 0 Å². The van der Waals surface area contributed by atoms with Gasteiger partial charge in [0.05, 0.1) is 0 Å². The molecule has 3 aliphatic heterocycles. The summed E-state index contributed by atoms with van der Waals surface area (Å²) in [6, 6.07) is 0. The monoisotopic (exact) mass is 234 g/mol. The third kappa shape index (κ3) is 1.30. The van der Waals surface area contributed by atoms with Crippen LogP contribution >= 0.6 is 11.6 Å². The standard InChI is InChI=1S/C9H11ClO5/c1-9(2)14-6-5-4(13-8(6)15-9)3(10)7(11)12-5/h3-6,8H,1-2H3/t3-,4?,5?,6?,8?/m1/s1. The fourth-order valence-electron chi connectivity index (χ4n) is 2.21. The summed E-state index contributed by atoms with van der Waals surface area (Å²) in [5, 5.41) is -0.754. The molecule has 0 aliphatic carbocycles. The van der Waals surface area contributed by atoms with E-state index in [0.717, 1.165) is 0 Å². The molecule has 0 aromatic heterocycles. The normalized spacial score (nSPS) is 51.4. The minimum atomic E-state index is -0.754. The zero-order chi connectivity index (χ0) is 10.8. The number of alkyl halides is 1. The van der Waals surface area contributed by atoms with Gasteiger partial charge in [-0.1, -0.05) is 0 Å². The number of halogens is 1. The number of hydrogen-bond donors (Lipinski definition) is 0. The molecule has 3 heterocycles. The zero-order valence-corrected chi connectivity index (χ0v) is 9.06. The zero-order valence-electron chi connectivity index (χ0n) is 8.31. The van der Waals surface area contributed by atoms with Crippen LogP contribution in [0.15, 0.2) is 0 Å². The third-order valence-electron chi connectivity index (χ3n) is 2.79. The van der Waals surface area contributed by atoms with Gasteiger partial charge in [0.2, 0.25) is 0 Å². The lowest BCUT2D eigenvalue weighted by molar-refractivity contribution is -0.209. The number of hydrogen-bond acceptors (Lipinski definition) is 5. The lowest BCUT2D eigenvalue weighted by Crippen LogP contribution is -2.34. The van der Waals surface area contributed by atoms with E-state index in [1.807, 2.05) is 0 Å².